The molecule has 0 saturated carbocycles. The Bertz CT molecular complexity index is 910. The van der Waals surface area contributed by atoms with Crippen LogP contribution in [0, 0.1) is 0 Å². The Labute approximate surface area is 160 Å². The van der Waals surface area contributed by atoms with Gasteiger partial charge < -0.3 is 10.1 Å². The summed E-state index contributed by atoms with van der Waals surface area (Å²) in [5, 5.41) is 2.82. The number of hydrogen-bond acceptors (Lipinski definition) is 4. The molecule has 1 N–H and O–H groups in total. The largest absolute Gasteiger partial charge is 0.484 e. The maximum atomic E-state index is 12.9. The Morgan fingerprint density at radius 2 is 1.89 bits per heavy atom. The molecule has 0 spiro atoms. The maximum absolute atomic E-state index is 12.9. The zero-order chi connectivity index (χ0) is 19.4. The second kappa shape index (κ2) is 8.00. The van der Waals surface area contributed by atoms with Gasteiger partial charge in [-0.3, -0.25) is 9.10 Å². The van der Waals surface area contributed by atoms with Crippen molar-refractivity contribution in [3.05, 3.63) is 54.1 Å². The van der Waals surface area contributed by atoms with Crippen LogP contribution in [0.25, 0.3) is 0 Å². The minimum atomic E-state index is -3.62. The van der Waals surface area contributed by atoms with E-state index in [1.54, 1.807) is 12.1 Å². The number of hydrogen-bond donors (Lipinski definition) is 1. The van der Waals surface area contributed by atoms with Crippen molar-refractivity contribution in [1.82, 2.24) is 5.32 Å². The number of rotatable bonds is 7. The summed E-state index contributed by atoms with van der Waals surface area (Å²) in [5.41, 5.74) is 1.77. The quantitative estimate of drug-likeness (QED) is 0.791. The summed E-state index contributed by atoms with van der Waals surface area (Å²) in [6.45, 7) is 4.25. The Morgan fingerprint density at radius 1 is 1.19 bits per heavy atom. The standard InChI is InChI=1S/C20H24N2O4S/c1-3-15(2)21-20(23)14-26-17-8-10-18(11-9-17)27(24,25)22-13-12-16-6-4-5-7-19(16)22/h4-11,15H,3,12-14H2,1-2H3,(H,21,23)/t15-/m0/s1. The molecule has 0 bridgehead atoms. The molecule has 1 atom stereocenters. The van der Waals surface area contributed by atoms with Gasteiger partial charge >= 0.3 is 0 Å². The molecule has 0 fully saturated rings. The number of carbonyl (C=O) groups is 1. The molecule has 27 heavy (non-hydrogen) atoms. The summed E-state index contributed by atoms with van der Waals surface area (Å²) in [6, 6.07) is 13.8. The van der Waals surface area contributed by atoms with Crippen molar-refractivity contribution in [2.75, 3.05) is 17.5 Å². The third-order valence-electron chi connectivity index (χ3n) is 4.65. The zero-order valence-corrected chi connectivity index (χ0v) is 16.3. The number of carbonyl (C=O) groups excluding carboxylic acids is 1. The van der Waals surface area contributed by atoms with E-state index in [-0.39, 0.29) is 23.5 Å². The second-order valence-corrected chi connectivity index (χ2v) is 8.46. The SMILES string of the molecule is CC[C@H](C)NC(=O)COc1ccc(S(=O)(=O)N2CCc3ccccc32)cc1. The fourth-order valence-corrected chi connectivity index (χ4v) is 4.46. The number of nitrogens with one attached hydrogen (secondary N) is 1. The number of nitrogens with zero attached hydrogens (tertiary/aromatic N) is 1. The molecule has 0 aromatic heterocycles. The minimum absolute atomic E-state index is 0.0944. The van der Waals surface area contributed by atoms with Crippen LogP contribution in [0.15, 0.2) is 53.4 Å². The van der Waals surface area contributed by atoms with Crippen molar-refractivity contribution in [3.63, 3.8) is 0 Å². The molecule has 0 radical (unpaired) electrons. The fourth-order valence-electron chi connectivity index (χ4n) is 2.96. The average molecular weight is 388 g/mol. The molecule has 1 amide bonds. The lowest BCUT2D eigenvalue weighted by Gasteiger charge is -2.19. The molecular weight excluding hydrogens is 364 g/mol. The van der Waals surface area contributed by atoms with Gasteiger partial charge in [0.15, 0.2) is 6.61 Å². The fraction of sp³-hybridized carbons (Fsp3) is 0.350. The van der Waals surface area contributed by atoms with Crippen molar-refractivity contribution in [2.45, 2.75) is 37.6 Å². The summed E-state index contributed by atoms with van der Waals surface area (Å²) < 4.78 is 32.8. The topological polar surface area (TPSA) is 75.7 Å². The predicted octanol–water partition coefficient (Wildman–Crippen LogP) is 2.73. The van der Waals surface area contributed by atoms with E-state index in [0.717, 1.165) is 17.7 Å². The number of ether oxygens (including phenoxy) is 1. The van der Waals surface area contributed by atoms with Gasteiger partial charge in [-0.15, -0.1) is 0 Å². The van der Waals surface area contributed by atoms with Crippen LogP contribution in [0.3, 0.4) is 0 Å². The highest BCUT2D eigenvalue weighted by Gasteiger charge is 2.30. The van der Waals surface area contributed by atoms with Crippen molar-refractivity contribution < 1.29 is 17.9 Å². The van der Waals surface area contributed by atoms with Gasteiger partial charge in [0.1, 0.15) is 5.75 Å². The lowest BCUT2D eigenvalue weighted by Crippen LogP contribution is -2.35. The van der Waals surface area contributed by atoms with Gasteiger partial charge in [0.05, 0.1) is 10.6 Å². The van der Waals surface area contributed by atoms with Crippen LogP contribution >= 0.6 is 0 Å². The van der Waals surface area contributed by atoms with E-state index in [2.05, 4.69) is 5.32 Å². The molecule has 7 heteroatoms. The Hall–Kier alpha value is -2.54. The first-order valence-electron chi connectivity index (χ1n) is 9.04. The van der Waals surface area contributed by atoms with Crippen molar-refractivity contribution in [2.24, 2.45) is 0 Å². The van der Waals surface area contributed by atoms with Crippen LogP contribution < -0.4 is 14.4 Å². The molecule has 0 unspecified atom stereocenters. The first-order valence-corrected chi connectivity index (χ1v) is 10.5. The van der Waals surface area contributed by atoms with Crippen LogP contribution in [0.4, 0.5) is 5.69 Å². The number of anilines is 1. The van der Waals surface area contributed by atoms with Crippen LogP contribution in [-0.2, 0) is 21.2 Å². The summed E-state index contributed by atoms with van der Waals surface area (Å²) in [5.74, 6) is 0.254. The minimum Gasteiger partial charge on any atom is -0.484 e. The van der Waals surface area contributed by atoms with Gasteiger partial charge in [0, 0.05) is 12.6 Å². The number of amides is 1. The van der Waals surface area contributed by atoms with Gasteiger partial charge in [-0.05, 0) is 55.7 Å². The smallest absolute Gasteiger partial charge is 0.264 e. The van der Waals surface area contributed by atoms with Crippen LogP contribution in [0.2, 0.25) is 0 Å². The normalized spacial score (nSPS) is 14.5. The monoisotopic (exact) mass is 388 g/mol. The number of benzene rings is 2. The highest BCUT2D eigenvalue weighted by molar-refractivity contribution is 7.92. The van der Waals surface area contributed by atoms with Crippen LogP contribution in [-0.4, -0.2) is 33.5 Å². The number of fused-ring (bicyclic) bond motifs is 1. The molecule has 1 heterocycles. The van der Waals surface area contributed by atoms with E-state index in [1.807, 2.05) is 38.1 Å². The van der Waals surface area contributed by atoms with E-state index in [0.29, 0.717) is 18.7 Å². The lowest BCUT2D eigenvalue weighted by atomic mass is 10.2. The molecule has 6 nitrogen and oxygen atoms in total. The molecule has 0 saturated heterocycles. The van der Waals surface area contributed by atoms with E-state index in [1.165, 1.54) is 16.4 Å². The second-order valence-electron chi connectivity index (χ2n) is 6.59. The predicted molar refractivity (Wildman–Crippen MR) is 105 cm³/mol. The summed E-state index contributed by atoms with van der Waals surface area (Å²) in [4.78, 5) is 12.0. The lowest BCUT2D eigenvalue weighted by molar-refractivity contribution is -0.123. The Kier molecular flexibility index (Phi) is 5.70. The van der Waals surface area contributed by atoms with Crippen molar-refractivity contribution >= 4 is 21.6 Å². The molecule has 144 valence electrons. The average Bonchev–Trinajstić information content (AvgIpc) is 3.11. The van der Waals surface area contributed by atoms with Gasteiger partial charge in [-0.25, -0.2) is 8.42 Å². The highest BCUT2D eigenvalue weighted by atomic mass is 32.2. The number of sulfonamides is 1. The van der Waals surface area contributed by atoms with Gasteiger partial charge in [0.2, 0.25) is 0 Å². The summed E-state index contributed by atoms with van der Waals surface area (Å²) >= 11 is 0. The van der Waals surface area contributed by atoms with Crippen LogP contribution in [0.1, 0.15) is 25.8 Å². The maximum Gasteiger partial charge on any atom is 0.264 e. The highest BCUT2D eigenvalue weighted by Crippen LogP contribution is 2.32. The first kappa shape index (κ1) is 19.2. The Balaban J connectivity index is 1.67. The third-order valence-corrected chi connectivity index (χ3v) is 6.47. The van der Waals surface area contributed by atoms with Crippen molar-refractivity contribution in [3.8, 4) is 5.75 Å². The zero-order valence-electron chi connectivity index (χ0n) is 15.5. The molecule has 2 aromatic rings. The molecule has 2 aromatic carbocycles. The van der Waals surface area contributed by atoms with Gasteiger partial charge in [0.25, 0.3) is 15.9 Å². The molecule has 1 aliphatic heterocycles. The summed E-state index contributed by atoms with van der Waals surface area (Å²) in [7, 11) is -3.62. The summed E-state index contributed by atoms with van der Waals surface area (Å²) in [6.07, 6.45) is 1.56. The van der Waals surface area contributed by atoms with Crippen LogP contribution in [0.5, 0.6) is 5.75 Å². The first-order chi connectivity index (χ1) is 12.9. The Morgan fingerprint density at radius 3 is 2.59 bits per heavy atom. The van der Waals surface area contributed by atoms with E-state index in [9.17, 15) is 13.2 Å². The van der Waals surface area contributed by atoms with E-state index >= 15 is 0 Å². The van der Waals surface area contributed by atoms with E-state index < -0.39 is 10.0 Å². The molecular formula is C20H24N2O4S. The third kappa shape index (κ3) is 4.24. The molecule has 1 aliphatic rings. The van der Waals surface area contributed by atoms with Crippen molar-refractivity contribution in [1.29, 1.82) is 0 Å². The number of para-hydroxylation sites is 1. The van der Waals surface area contributed by atoms with Gasteiger partial charge in [-0.2, -0.15) is 0 Å². The van der Waals surface area contributed by atoms with Gasteiger partial charge in [-0.1, -0.05) is 25.1 Å². The molecule has 0 aliphatic carbocycles. The molecule has 3 rings (SSSR count). The van der Waals surface area contributed by atoms with E-state index in [4.69, 9.17) is 4.74 Å².